The topological polar surface area (TPSA) is 64.6 Å². The van der Waals surface area contributed by atoms with Gasteiger partial charge in [-0.25, -0.2) is 13.1 Å². The second-order valence-electron chi connectivity index (χ2n) is 4.73. The Morgan fingerprint density at radius 2 is 2.30 bits per heavy atom. The van der Waals surface area contributed by atoms with Crippen LogP contribution in [-0.4, -0.2) is 35.3 Å². The number of hydrogen-bond acceptors (Lipinski definition) is 4. The molecule has 20 heavy (non-hydrogen) atoms. The zero-order valence-corrected chi connectivity index (χ0v) is 13.7. The second-order valence-corrected chi connectivity index (χ2v) is 7.35. The number of hydrogen-bond donors (Lipinski definition) is 1. The Bertz CT molecular complexity index is 555. The average Bonchev–Trinajstić information content (AvgIpc) is 2.46. The smallest absolute Gasteiger partial charge is 0.240 e. The van der Waals surface area contributed by atoms with Gasteiger partial charge >= 0.3 is 0 Å². The van der Waals surface area contributed by atoms with Crippen molar-refractivity contribution in [3.05, 3.63) is 22.7 Å². The SMILES string of the molecule is COc1ccc(S(=O)(=O)NCC2CCCOC2)cc1Br. The summed E-state index contributed by atoms with van der Waals surface area (Å²) in [7, 11) is -1.96. The Balaban J connectivity index is 2.04. The molecule has 7 heteroatoms. The lowest BCUT2D eigenvalue weighted by Gasteiger charge is -2.22. The molecule has 1 atom stereocenters. The minimum atomic E-state index is -3.50. The zero-order valence-electron chi connectivity index (χ0n) is 11.3. The third kappa shape index (κ3) is 3.94. The van der Waals surface area contributed by atoms with Gasteiger partial charge in [0.25, 0.3) is 0 Å². The summed E-state index contributed by atoms with van der Waals surface area (Å²) in [6.45, 7) is 1.80. The molecule has 0 amide bonds. The van der Waals surface area contributed by atoms with Gasteiger partial charge in [-0.1, -0.05) is 0 Å². The van der Waals surface area contributed by atoms with E-state index in [0.717, 1.165) is 19.4 Å². The van der Waals surface area contributed by atoms with Crippen molar-refractivity contribution in [2.24, 2.45) is 5.92 Å². The maximum atomic E-state index is 12.2. The number of halogens is 1. The van der Waals surface area contributed by atoms with Crippen LogP contribution in [0.3, 0.4) is 0 Å². The van der Waals surface area contributed by atoms with Crippen molar-refractivity contribution in [3.63, 3.8) is 0 Å². The highest BCUT2D eigenvalue weighted by atomic mass is 79.9. The molecule has 0 saturated carbocycles. The number of benzene rings is 1. The Hall–Kier alpha value is -0.630. The van der Waals surface area contributed by atoms with Crippen LogP contribution < -0.4 is 9.46 Å². The van der Waals surface area contributed by atoms with E-state index in [1.807, 2.05) is 0 Å². The molecule has 5 nitrogen and oxygen atoms in total. The minimum Gasteiger partial charge on any atom is -0.496 e. The highest BCUT2D eigenvalue weighted by Crippen LogP contribution is 2.27. The summed E-state index contributed by atoms with van der Waals surface area (Å²) in [4.78, 5) is 0.224. The first-order valence-electron chi connectivity index (χ1n) is 6.44. The van der Waals surface area contributed by atoms with E-state index in [1.54, 1.807) is 12.1 Å². The number of methoxy groups -OCH3 is 1. The van der Waals surface area contributed by atoms with E-state index in [2.05, 4.69) is 20.7 Å². The number of ether oxygens (including phenoxy) is 2. The second kappa shape index (κ2) is 6.89. The predicted octanol–water partition coefficient (Wildman–Crippen LogP) is 2.16. The van der Waals surface area contributed by atoms with Gasteiger partial charge < -0.3 is 9.47 Å². The molecule has 1 fully saturated rings. The van der Waals surface area contributed by atoms with Crippen LogP contribution >= 0.6 is 15.9 Å². The van der Waals surface area contributed by atoms with Gasteiger partial charge in [0.15, 0.2) is 0 Å². The fourth-order valence-corrected chi connectivity index (χ4v) is 3.93. The molecular weight excluding hydrogens is 346 g/mol. The number of nitrogens with one attached hydrogen (secondary N) is 1. The first-order chi connectivity index (χ1) is 9.53. The van der Waals surface area contributed by atoms with Crippen LogP contribution in [0.2, 0.25) is 0 Å². The minimum absolute atomic E-state index is 0.224. The molecule has 1 aromatic carbocycles. The molecule has 0 aliphatic carbocycles. The molecule has 0 radical (unpaired) electrons. The van der Waals surface area contributed by atoms with Crippen LogP contribution in [0.5, 0.6) is 5.75 Å². The fraction of sp³-hybridized carbons (Fsp3) is 0.538. The Labute approximate surface area is 127 Å². The fourth-order valence-electron chi connectivity index (χ4n) is 2.09. The molecule has 1 aliphatic heterocycles. The van der Waals surface area contributed by atoms with E-state index in [1.165, 1.54) is 13.2 Å². The van der Waals surface area contributed by atoms with Gasteiger partial charge in [0.05, 0.1) is 23.1 Å². The van der Waals surface area contributed by atoms with E-state index in [4.69, 9.17) is 9.47 Å². The summed E-state index contributed by atoms with van der Waals surface area (Å²) < 4.78 is 38.1. The molecule has 1 unspecified atom stereocenters. The van der Waals surface area contributed by atoms with Gasteiger partial charge in [-0.15, -0.1) is 0 Å². The lowest BCUT2D eigenvalue weighted by molar-refractivity contribution is 0.0568. The van der Waals surface area contributed by atoms with Gasteiger partial charge in [0.1, 0.15) is 5.75 Å². The molecule has 0 aromatic heterocycles. The van der Waals surface area contributed by atoms with Crippen molar-refractivity contribution in [2.45, 2.75) is 17.7 Å². The van der Waals surface area contributed by atoms with Gasteiger partial charge in [0, 0.05) is 13.2 Å². The average molecular weight is 364 g/mol. The van der Waals surface area contributed by atoms with E-state index >= 15 is 0 Å². The van der Waals surface area contributed by atoms with Gasteiger partial charge in [-0.2, -0.15) is 0 Å². The molecule has 1 heterocycles. The number of sulfonamides is 1. The molecule has 1 aliphatic rings. The monoisotopic (exact) mass is 363 g/mol. The molecule has 1 N–H and O–H groups in total. The Morgan fingerprint density at radius 3 is 2.90 bits per heavy atom. The molecule has 0 bridgehead atoms. The predicted molar refractivity (Wildman–Crippen MR) is 79.4 cm³/mol. The zero-order chi connectivity index (χ0) is 14.6. The van der Waals surface area contributed by atoms with Gasteiger partial charge in [-0.3, -0.25) is 0 Å². The standard InChI is InChI=1S/C13H18BrNO4S/c1-18-13-5-4-11(7-12(13)14)20(16,17)15-8-10-3-2-6-19-9-10/h4-5,7,10,15H,2-3,6,8-9H2,1H3. The third-order valence-electron chi connectivity index (χ3n) is 3.25. The molecule has 0 spiro atoms. The summed E-state index contributed by atoms with van der Waals surface area (Å²) in [5.74, 6) is 0.852. The van der Waals surface area contributed by atoms with Gasteiger partial charge in [0.2, 0.25) is 10.0 Å². The molecule has 1 aromatic rings. The summed E-state index contributed by atoms with van der Waals surface area (Å²) in [6.07, 6.45) is 1.98. The van der Waals surface area contributed by atoms with Crippen molar-refractivity contribution < 1.29 is 17.9 Å². The van der Waals surface area contributed by atoms with Crippen molar-refractivity contribution >= 4 is 26.0 Å². The first-order valence-corrected chi connectivity index (χ1v) is 8.71. The largest absolute Gasteiger partial charge is 0.496 e. The highest BCUT2D eigenvalue weighted by molar-refractivity contribution is 9.10. The van der Waals surface area contributed by atoms with Crippen LogP contribution in [0.25, 0.3) is 0 Å². The molecule has 1 saturated heterocycles. The molecule has 2 rings (SSSR count). The van der Waals surface area contributed by atoms with E-state index in [0.29, 0.717) is 23.4 Å². The summed E-state index contributed by atoms with van der Waals surface area (Å²) in [5, 5.41) is 0. The van der Waals surface area contributed by atoms with Crippen molar-refractivity contribution in [3.8, 4) is 5.75 Å². The van der Waals surface area contributed by atoms with Crippen molar-refractivity contribution in [1.29, 1.82) is 0 Å². The molecule has 112 valence electrons. The first kappa shape index (κ1) is 15.8. The number of rotatable bonds is 5. The van der Waals surface area contributed by atoms with E-state index < -0.39 is 10.0 Å². The maximum Gasteiger partial charge on any atom is 0.240 e. The lowest BCUT2D eigenvalue weighted by Crippen LogP contribution is -2.33. The van der Waals surface area contributed by atoms with Gasteiger partial charge in [-0.05, 0) is 52.9 Å². The van der Waals surface area contributed by atoms with Crippen LogP contribution in [-0.2, 0) is 14.8 Å². The van der Waals surface area contributed by atoms with Crippen LogP contribution in [0.1, 0.15) is 12.8 Å². The summed E-state index contributed by atoms with van der Waals surface area (Å²) in [6, 6.07) is 4.70. The Morgan fingerprint density at radius 1 is 1.50 bits per heavy atom. The normalized spacial score (nSPS) is 19.8. The summed E-state index contributed by atoms with van der Waals surface area (Å²) >= 11 is 3.29. The summed E-state index contributed by atoms with van der Waals surface area (Å²) in [5.41, 5.74) is 0. The quantitative estimate of drug-likeness (QED) is 0.870. The van der Waals surface area contributed by atoms with E-state index in [-0.39, 0.29) is 10.8 Å². The third-order valence-corrected chi connectivity index (χ3v) is 5.29. The van der Waals surface area contributed by atoms with Crippen LogP contribution in [0.4, 0.5) is 0 Å². The van der Waals surface area contributed by atoms with Crippen LogP contribution in [0.15, 0.2) is 27.6 Å². The Kier molecular flexibility index (Phi) is 5.42. The van der Waals surface area contributed by atoms with Crippen LogP contribution in [0, 0.1) is 5.92 Å². The van der Waals surface area contributed by atoms with Crippen molar-refractivity contribution in [2.75, 3.05) is 26.9 Å². The molecular formula is C13H18BrNO4S. The highest BCUT2D eigenvalue weighted by Gasteiger charge is 2.20. The van der Waals surface area contributed by atoms with Crippen molar-refractivity contribution in [1.82, 2.24) is 4.72 Å². The van der Waals surface area contributed by atoms with E-state index in [9.17, 15) is 8.42 Å². The maximum absolute atomic E-state index is 12.2. The lowest BCUT2D eigenvalue weighted by atomic mass is 10.0.